The number of hydrogen-bond donors (Lipinski definition) is 1. The van der Waals surface area contributed by atoms with Crippen molar-refractivity contribution in [2.75, 3.05) is 6.54 Å². The van der Waals surface area contributed by atoms with Crippen LogP contribution in [0.15, 0.2) is 0 Å². The first-order valence-corrected chi connectivity index (χ1v) is 6.18. The van der Waals surface area contributed by atoms with Gasteiger partial charge >= 0.3 is 0 Å². The maximum Gasteiger partial charge on any atom is 0.225 e. The van der Waals surface area contributed by atoms with E-state index in [1.54, 1.807) is 0 Å². The standard InChI is InChI=1S/C13H25NO/c1-10-5-7-11(8-6-10)9-14-12(15)13(2,3)4/h10-11H,5-9H2,1-4H3,(H,14,15)/t10-,11-. The number of hydrogen-bond acceptors (Lipinski definition) is 1. The second-order valence-electron chi connectivity index (χ2n) is 6.09. The van der Waals surface area contributed by atoms with Gasteiger partial charge in [0.05, 0.1) is 0 Å². The molecular weight excluding hydrogens is 186 g/mol. The Labute approximate surface area is 93.8 Å². The van der Waals surface area contributed by atoms with Gasteiger partial charge in [-0.1, -0.05) is 40.5 Å². The Hall–Kier alpha value is -0.530. The molecule has 2 nitrogen and oxygen atoms in total. The van der Waals surface area contributed by atoms with Gasteiger partial charge in [0.2, 0.25) is 5.91 Å². The van der Waals surface area contributed by atoms with Gasteiger partial charge in [-0.2, -0.15) is 0 Å². The largest absolute Gasteiger partial charge is 0.355 e. The van der Waals surface area contributed by atoms with Gasteiger partial charge in [-0.05, 0) is 24.7 Å². The highest BCUT2D eigenvalue weighted by atomic mass is 16.2. The lowest BCUT2D eigenvalue weighted by Crippen LogP contribution is -2.38. The molecule has 0 unspecified atom stereocenters. The summed E-state index contributed by atoms with van der Waals surface area (Å²) in [4.78, 5) is 11.7. The van der Waals surface area contributed by atoms with Crippen molar-refractivity contribution in [3.63, 3.8) is 0 Å². The molecule has 1 rings (SSSR count). The first-order chi connectivity index (χ1) is 6.89. The Morgan fingerprint density at radius 2 is 1.73 bits per heavy atom. The summed E-state index contributed by atoms with van der Waals surface area (Å²) < 4.78 is 0. The molecule has 0 spiro atoms. The van der Waals surface area contributed by atoms with Crippen LogP contribution in [0, 0.1) is 17.3 Å². The second-order valence-corrected chi connectivity index (χ2v) is 6.09. The van der Waals surface area contributed by atoms with E-state index in [9.17, 15) is 4.79 Å². The Balaban J connectivity index is 2.23. The Kier molecular flexibility index (Phi) is 4.18. The van der Waals surface area contributed by atoms with Crippen LogP contribution in [0.25, 0.3) is 0 Å². The normalized spacial score (nSPS) is 27.5. The number of amides is 1. The van der Waals surface area contributed by atoms with Crippen molar-refractivity contribution in [1.82, 2.24) is 5.32 Å². The monoisotopic (exact) mass is 211 g/mol. The first kappa shape index (κ1) is 12.5. The molecule has 1 amide bonds. The zero-order chi connectivity index (χ0) is 11.5. The van der Waals surface area contributed by atoms with Gasteiger partial charge in [0.1, 0.15) is 0 Å². The minimum atomic E-state index is -0.248. The Bertz CT molecular complexity index is 209. The smallest absolute Gasteiger partial charge is 0.225 e. The van der Waals surface area contributed by atoms with Crippen LogP contribution >= 0.6 is 0 Å². The van der Waals surface area contributed by atoms with Gasteiger partial charge in [0.15, 0.2) is 0 Å². The third-order valence-electron chi connectivity index (χ3n) is 3.37. The molecule has 0 radical (unpaired) electrons. The van der Waals surface area contributed by atoms with E-state index in [0.29, 0.717) is 5.92 Å². The topological polar surface area (TPSA) is 29.1 Å². The summed E-state index contributed by atoms with van der Waals surface area (Å²) >= 11 is 0. The summed E-state index contributed by atoms with van der Waals surface area (Å²) in [5.41, 5.74) is -0.248. The molecule has 0 aromatic heterocycles. The fourth-order valence-corrected chi connectivity index (χ4v) is 2.04. The van der Waals surface area contributed by atoms with E-state index < -0.39 is 0 Å². The highest BCUT2D eigenvalue weighted by molar-refractivity contribution is 5.81. The summed E-state index contributed by atoms with van der Waals surface area (Å²) in [5, 5.41) is 3.07. The average Bonchev–Trinajstić information content (AvgIpc) is 2.15. The van der Waals surface area contributed by atoms with Crippen LogP contribution in [0.4, 0.5) is 0 Å². The van der Waals surface area contributed by atoms with Crippen molar-refractivity contribution in [1.29, 1.82) is 0 Å². The van der Waals surface area contributed by atoms with Gasteiger partial charge in [-0.15, -0.1) is 0 Å². The van der Waals surface area contributed by atoms with Crippen LogP contribution in [-0.2, 0) is 4.79 Å². The molecular formula is C13H25NO. The molecule has 1 aliphatic rings. The number of rotatable bonds is 2. The molecule has 0 bridgehead atoms. The van der Waals surface area contributed by atoms with Gasteiger partial charge in [-0.3, -0.25) is 4.79 Å². The molecule has 15 heavy (non-hydrogen) atoms. The van der Waals surface area contributed by atoms with E-state index in [-0.39, 0.29) is 11.3 Å². The average molecular weight is 211 g/mol. The van der Waals surface area contributed by atoms with Crippen molar-refractivity contribution >= 4 is 5.91 Å². The molecule has 0 heterocycles. The molecule has 0 aliphatic heterocycles. The van der Waals surface area contributed by atoms with Crippen LogP contribution in [0.1, 0.15) is 53.4 Å². The van der Waals surface area contributed by atoms with Crippen molar-refractivity contribution < 1.29 is 4.79 Å². The van der Waals surface area contributed by atoms with E-state index in [1.165, 1.54) is 25.7 Å². The molecule has 1 fully saturated rings. The van der Waals surface area contributed by atoms with Crippen LogP contribution in [0.3, 0.4) is 0 Å². The minimum Gasteiger partial charge on any atom is -0.355 e. The van der Waals surface area contributed by atoms with Crippen molar-refractivity contribution in [2.24, 2.45) is 17.3 Å². The van der Waals surface area contributed by atoms with E-state index in [4.69, 9.17) is 0 Å². The summed E-state index contributed by atoms with van der Waals surface area (Å²) in [7, 11) is 0. The molecule has 1 saturated carbocycles. The minimum absolute atomic E-state index is 0.182. The quantitative estimate of drug-likeness (QED) is 0.747. The molecule has 1 aliphatic carbocycles. The molecule has 0 aromatic carbocycles. The third-order valence-corrected chi connectivity index (χ3v) is 3.37. The van der Waals surface area contributed by atoms with Gasteiger partial charge in [0, 0.05) is 12.0 Å². The Morgan fingerprint density at radius 1 is 1.20 bits per heavy atom. The van der Waals surface area contributed by atoms with E-state index >= 15 is 0 Å². The van der Waals surface area contributed by atoms with E-state index in [2.05, 4.69) is 12.2 Å². The lowest BCUT2D eigenvalue weighted by Gasteiger charge is -2.27. The summed E-state index contributed by atoms with van der Waals surface area (Å²) in [5.74, 6) is 1.79. The van der Waals surface area contributed by atoms with Crippen molar-refractivity contribution in [3.05, 3.63) is 0 Å². The predicted molar refractivity (Wildman–Crippen MR) is 63.6 cm³/mol. The highest BCUT2D eigenvalue weighted by Gasteiger charge is 2.23. The molecule has 0 atom stereocenters. The van der Waals surface area contributed by atoms with Gasteiger partial charge in [0.25, 0.3) is 0 Å². The van der Waals surface area contributed by atoms with Gasteiger partial charge in [-0.25, -0.2) is 0 Å². The summed E-state index contributed by atoms with van der Waals surface area (Å²) in [6, 6.07) is 0. The maximum absolute atomic E-state index is 11.7. The van der Waals surface area contributed by atoms with Crippen molar-refractivity contribution in [3.8, 4) is 0 Å². The number of carbonyl (C=O) groups excluding carboxylic acids is 1. The molecule has 1 N–H and O–H groups in total. The molecule has 88 valence electrons. The highest BCUT2D eigenvalue weighted by Crippen LogP contribution is 2.27. The van der Waals surface area contributed by atoms with Crippen LogP contribution < -0.4 is 5.32 Å². The zero-order valence-electron chi connectivity index (χ0n) is 10.6. The fourth-order valence-electron chi connectivity index (χ4n) is 2.04. The number of nitrogens with one attached hydrogen (secondary N) is 1. The van der Waals surface area contributed by atoms with E-state index in [0.717, 1.165) is 12.5 Å². The van der Waals surface area contributed by atoms with Gasteiger partial charge < -0.3 is 5.32 Å². The lowest BCUT2D eigenvalue weighted by atomic mass is 9.83. The summed E-state index contributed by atoms with van der Waals surface area (Å²) in [6.45, 7) is 9.09. The lowest BCUT2D eigenvalue weighted by molar-refractivity contribution is -0.128. The second kappa shape index (κ2) is 5.00. The Morgan fingerprint density at radius 3 is 2.20 bits per heavy atom. The van der Waals surface area contributed by atoms with Crippen molar-refractivity contribution in [2.45, 2.75) is 53.4 Å². The molecule has 2 heteroatoms. The third kappa shape index (κ3) is 4.23. The maximum atomic E-state index is 11.7. The van der Waals surface area contributed by atoms with Crippen LogP contribution in [0.5, 0.6) is 0 Å². The van der Waals surface area contributed by atoms with Crippen LogP contribution in [0.2, 0.25) is 0 Å². The predicted octanol–water partition coefficient (Wildman–Crippen LogP) is 2.98. The first-order valence-electron chi connectivity index (χ1n) is 6.18. The SMILES string of the molecule is CC(C)(C)C(=O)NC[C@H]1CC[C@H](C)CC1. The molecule has 0 aromatic rings. The number of carbonyl (C=O) groups is 1. The fraction of sp³-hybridized carbons (Fsp3) is 0.923. The molecule has 0 saturated heterocycles. The summed E-state index contributed by atoms with van der Waals surface area (Å²) in [6.07, 6.45) is 5.23. The van der Waals surface area contributed by atoms with Crippen LogP contribution in [-0.4, -0.2) is 12.5 Å². The zero-order valence-corrected chi connectivity index (χ0v) is 10.6. The van der Waals surface area contributed by atoms with E-state index in [1.807, 2.05) is 20.8 Å².